The standard InChI is InChI=1S/C20H20N2O3/c1-2-25-14-11-17-15-9-6-10-16(15)19(13-7-4-3-5-8-13)21-20(17)18(12-14)22(23)24/h3-9,11-12,15-16,19,21H,2,10H2,1H3/t15-,16+,19+/m0/s1. The first-order valence-corrected chi connectivity index (χ1v) is 8.62. The highest BCUT2D eigenvalue weighted by Gasteiger charge is 2.41. The van der Waals surface area contributed by atoms with E-state index in [1.807, 2.05) is 31.2 Å². The van der Waals surface area contributed by atoms with E-state index in [9.17, 15) is 10.1 Å². The Kier molecular flexibility index (Phi) is 3.92. The van der Waals surface area contributed by atoms with Crippen LogP contribution < -0.4 is 10.1 Å². The minimum atomic E-state index is -0.324. The molecule has 0 amide bonds. The Morgan fingerprint density at radius 2 is 2.08 bits per heavy atom. The van der Waals surface area contributed by atoms with E-state index in [-0.39, 0.29) is 22.6 Å². The van der Waals surface area contributed by atoms with Crippen molar-refractivity contribution in [2.45, 2.75) is 25.3 Å². The molecular formula is C20H20N2O3. The summed E-state index contributed by atoms with van der Waals surface area (Å²) in [5.41, 5.74) is 2.83. The first kappa shape index (κ1) is 15.7. The van der Waals surface area contributed by atoms with Crippen LogP contribution in [0.2, 0.25) is 0 Å². The molecule has 2 aromatic rings. The Morgan fingerprint density at radius 1 is 1.28 bits per heavy atom. The van der Waals surface area contributed by atoms with Gasteiger partial charge in [0.1, 0.15) is 11.4 Å². The number of ether oxygens (including phenoxy) is 1. The van der Waals surface area contributed by atoms with Crippen molar-refractivity contribution in [3.8, 4) is 5.75 Å². The van der Waals surface area contributed by atoms with Gasteiger partial charge in [0.05, 0.1) is 23.6 Å². The van der Waals surface area contributed by atoms with Gasteiger partial charge >= 0.3 is 0 Å². The van der Waals surface area contributed by atoms with Crippen molar-refractivity contribution in [2.24, 2.45) is 5.92 Å². The maximum Gasteiger partial charge on any atom is 0.296 e. The van der Waals surface area contributed by atoms with Crippen molar-refractivity contribution in [3.63, 3.8) is 0 Å². The fourth-order valence-electron chi connectivity index (χ4n) is 4.04. The minimum absolute atomic E-state index is 0.0605. The lowest BCUT2D eigenvalue weighted by atomic mass is 9.76. The fourth-order valence-corrected chi connectivity index (χ4v) is 4.04. The molecule has 1 aliphatic carbocycles. The number of fused-ring (bicyclic) bond motifs is 3. The zero-order valence-electron chi connectivity index (χ0n) is 14.0. The molecule has 2 aliphatic rings. The molecule has 0 fully saturated rings. The van der Waals surface area contributed by atoms with Gasteiger partial charge in [-0.2, -0.15) is 0 Å². The maximum absolute atomic E-state index is 11.7. The molecule has 5 heteroatoms. The molecule has 2 aromatic carbocycles. The van der Waals surface area contributed by atoms with Gasteiger partial charge in [-0.05, 0) is 36.5 Å². The van der Waals surface area contributed by atoms with Crippen molar-refractivity contribution >= 4 is 11.4 Å². The normalized spacial score (nSPS) is 23.5. The Labute approximate surface area is 146 Å². The lowest BCUT2D eigenvalue weighted by molar-refractivity contribution is -0.384. The highest BCUT2D eigenvalue weighted by Crippen LogP contribution is 2.53. The molecule has 0 saturated carbocycles. The van der Waals surface area contributed by atoms with Crippen LogP contribution >= 0.6 is 0 Å². The average molecular weight is 336 g/mol. The summed E-state index contributed by atoms with van der Waals surface area (Å²) in [5.74, 6) is 1.08. The molecule has 3 atom stereocenters. The number of rotatable bonds is 4. The molecule has 5 nitrogen and oxygen atoms in total. The van der Waals surface area contributed by atoms with Gasteiger partial charge < -0.3 is 10.1 Å². The molecule has 0 bridgehead atoms. The predicted molar refractivity (Wildman–Crippen MR) is 97.1 cm³/mol. The van der Waals surface area contributed by atoms with Gasteiger partial charge in [0.2, 0.25) is 0 Å². The molecule has 1 aliphatic heterocycles. The number of nitrogens with one attached hydrogen (secondary N) is 1. The second kappa shape index (κ2) is 6.24. The Bertz CT molecular complexity index is 832. The summed E-state index contributed by atoms with van der Waals surface area (Å²) in [6.45, 7) is 2.37. The van der Waals surface area contributed by atoms with Gasteiger partial charge in [0.15, 0.2) is 0 Å². The number of anilines is 1. The van der Waals surface area contributed by atoms with E-state index in [4.69, 9.17) is 4.74 Å². The molecule has 4 rings (SSSR count). The number of nitro benzene ring substituents is 1. The Morgan fingerprint density at radius 3 is 2.80 bits per heavy atom. The summed E-state index contributed by atoms with van der Waals surface area (Å²) in [5, 5.41) is 15.1. The number of hydrogen-bond acceptors (Lipinski definition) is 4. The summed E-state index contributed by atoms with van der Waals surface area (Å²) in [6.07, 6.45) is 5.32. The number of benzene rings is 2. The van der Waals surface area contributed by atoms with Crippen LogP contribution in [0.3, 0.4) is 0 Å². The lowest BCUT2D eigenvalue weighted by Crippen LogP contribution is -2.29. The third-order valence-electron chi connectivity index (χ3n) is 5.09. The first-order chi connectivity index (χ1) is 12.2. The summed E-state index contributed by atoms with van der Waals surface area (Å²) in [7, 11) is 0. The van der Waals surface area contributed by atoms with Crippen LogP contribution in [-0.4, -0.2) is 11.5 Å². The monoisotopic (exact) mass is 336 g/mol. The molecule has 0 spiro atoms. The molecular weight excluding hydrogens is 316 g/mol. The minimum Gasteiger partial charge on any atom is -0.494 e. The quantitative estimate of drug-likeness (QED) is 0.494. The highest BCUT2D eigenvalue weighted by atomic mass is 16.6. The van der Waals surface area contributed by atoms with E-state index < -0.39 is 0 Å². The van der Waals surface area contributed by atoms with Crippen LogP contribution in [0.25, 0.3) is 0 Å². The third kappa shape index (κ3) is 2.65. The number of nitrogens with zero attached hydrogens (tertiary/aromatic N) is 1. The van der Waals surface area contributed by atoms with Crippen molar-refractivity contribution in [1.29, 1.82) is 0 Å². The second-order valence-electron chi connectivity index (χ2n) is 6.48. The topological polar surface area (TPSA) is 64.4 Å². The Hall–Kier alpha value is -2.82. The number of nitro groups is 1. The number of hydrogen-bond donors (Lipinski definition) is 1. The van der Waals surface area contributed by atoms with Crippen LogP contribution in [0.1, 0.15) is 36.4 Å². The van der Waals surface area contributed by atoms with Crippen LogP contribution in [0.5, 0.6) is 5.75 Å². The molecule has 0 aromatic heterocycles. The zero-order valence-corrected chi connectivity index (χ0v) is 14.0. The molecule has 128 valence electrons. The highest BCUT2D eigenvalue weighted by molar-refractivity contribution is 5.73. The van der Waals surface area contributed by atoms with E-state index in [1.54, 1.807) is 0 Å². The third-order valence-corrected chi connectivity index (χ3v) is 5.09. The summed E-state index contributed by atoms with van der Waals surface area (Å²) in [6, 6.07) is 13.7. The summed E-state index contributed by atoms with van der Waals surface area (Å²) in [4.78, 5) is 11.3. The van der Waals surface area contributed by atoms with E-state index >= 15 is 0 Å². The first-order valence-electron chi connectivity index (χ1n) is 8.62. The van der Waals surface area contributed by atoms with Crippen molar-refractivity contribution in [1.82, 2.24) is 0 Å². The van der Waals surface area contributed by atoms with E-state index in [0.717, 1.165) is 17.5 Å². The van der Waals surface area contributed by atoms with E-state index in [0.29, 0.717) is 24.0 Å². The van der Waals surface area contributed by atoms with Crippen LogP contribution in [0.15, 0.2) is 54.6 Å². The van der Waals surface area contributed by atoms with Gasteiger partial charge in [-0.15, -0.1) is 0 Å². The van der Waals surface area contributed by atoms with Crippen molar-refractivity contribution in [2.75, 3.05) is 11.9 Å². The van der Waals surface area contributed by atoms with Crippen LogP contribution in [-0.2, 0) is 0 Å². The number of allylic oxidation sites excluding steroid dienone is 2. The second-order valence-corrected chi connectivity index (χ2v) is 6.48. The fraction of sp³-hybridized carbons (Fsp3) is 0.300. The van der Waals surface area contributed by atoms with Crippen LogP contribution in [0, 0.1) is 16.0 Å². The molecule has 1 N–H and O–H groups in total. The van der Waals surface area contributed by atoms with Gasteiger partial charge in [-0.3, -0.25) is 10.1 Å². The van der Waals surface area contributed by atoms with Crippen LogP contribution in [0.4, 0.5) is 11.4 Å². The Balaban J connectivity index is 1.85. The van der Waals surface area contributed by atoms with Gasteiger partial charge in [-0.1, -0.05) is 42.5 Å². The van der Waals surface area contributed by atoms with Gasteiger partial charge in [0.25, 0.3) is 5.69 Å². The van der Waals surface area contributed by atoms with Crippen molar-refractivity contribution in [3.05, 3.63) is 75.9 Å². The molecule has 0 radical (unpaired) electrons. The zero-order chi connectivity index (χ0) is 17.4. The molecule has 0 unspecified atom stereocenters. The average Bonchev–Trinajstić information content (AvgIpc) is 3.11. The molecule has 25 heavy (non-hydrogen) atoms. The van der Waals surface area contributed by atoms with Gasteiger partial charge in [-0.25, -0.2) is 0 Å². The predicted octanol–water partition coefficient (Wildman–Crippen LogP) is 4.82. The lowest BCUT2D eigenvalue weighted by Gasteiger charge is -2.37. The van der Waals surface area contributed by atoms with E-state index in [1.165, 1.54) is 6.07 Å². The smallest absolute Gasteiger partial charge is 0.296 e. The summed E-state index contributed by atoms with van der Waals surface area (Å²) < 4.78 is 5.57. The van der Waals surface area contributed by atoms with Gasteiger partial charge in [0, 0.05) is 5.92 Å². The molecule has 1 heterocycles. The van der Waals surface area contributed by atoms with Crippen molar-refractivity contribution < 1.29 is 9.66 Å². The van der Waals surface area contributed by atoms with E-state index in [2.05, 4.69) is 29.6 Å². The summed E-state index contributed by atoms with van der Waals surface area (Å²) >= 11 is 0. The SMILES string of the molecule is CCOc1cc2c(c([N+](=O)[O-])c1)N[C@H](c1ccccc1)[C@@H]1CC=C[C@H]21. The largest absolute Gasteiger partial charge is 0.494 e. The molecule has 0 saturated heterocycles. The maximum atomic E-state index is 11.7.